The van der Waals surface area contributed by atoms with Gasteiger partial charge in [-0.2, -0.15) is 0 Å². The molecule has 0 saturated carbocycles. The van der Waals surface area contributed by atoms with Gasteiger partial charge in [-0.3, -0.25) is 0 Å². The van der Waals surface area contributed by atoms with Gasteiger partial charge in [-0.1, -0.05) is 0 Å². The van der Waals surface area contributed by atoms with E-state index in [9.17, 15) is 0 Å². The fraction of sp³-hybridized carbons (Fsp3) is 0.333. The van der Waals surface area contributed by atoms with Crippen LogP contribution in [-0.2, 0) is 0 Å². The summed E-state index contributed by atoms with van der Waals surface area (Å²) in [6, 6.07) is 4.08. The molecule has 0 aliphatic carbocycles. The van der Waals surface area contributed by atoms with Gasteiger partial charge in [0.2, 0.25) is 0 Å². The van der Waals surface area contributed by atoms with Crippen LogP contribution in [-0.4, -0.2) is 16.8 Å². The van der Waals surface area contributed by atoms with Gasteiger partial charge in [-0.25, -0.2) is 0 Å². The number of rotatable bonds is 3. The zero-order valence-corrected chi connectivity index (χ0v) is 7.27. The molecule has 0 radical (unpaired) electrons. The van der Waals surface area contributed by atoms with E-state index in [0.717, 1.165) is 0 Å². The molecule has 0 amide bonds. The van der Waals surface area contributed by atoms with E-state index in [4.69, 9.17) is 21.7 Å². The number of hydrogen-bond donors (Lipinski definition) is 4. The molecule has 13 heavy (non-hydrogen) atoms. The maximum Gasteiger partial charge on any atom is 0.119 e. The van der Waals surface area contributed by atoms with Crippen LogP contribution in [0.4, 0.5) is 0 Å². The molecule has 0 aliphatic heterocycles. The number of nitrogens with two attached hydrogens (primary N) is 2. The van der Waals surface area contributed by atoms with Gasteiger partial charge in [0.05, 0.1) is 0 Å². The van der Waals surface area contributed by atoms with Crippen molar-refractivity contribution >= 4 is 0 Å². The Hall–Kier alpha value is -1.26. The number of benzene rings is 1. The van der Waals surface area contributed by atoms with E-state index in [0.29, 0.717) is 18.5 Å². The van der Waals surface area contributed by atoms with Crippen molar-refractivity contribution in [3.63, 3.8) is 0 Å². The fourth-order valence-corrected chi connectivity index (χ4v) is 1.18. The third kappa shape index (κ3) is 2.61. The molecule has 1 aromatic carbocycles. The second kappa shape index (κ2) is 4.11. The summed E-state index contributed by atoms with van der Waals surface area (Å²) in [5.41, 5.74) is 11.8. The second-order valence-corrected chi connectivity index (χ2v) is 2.97. The van der Waals surface area contributed by atoms with Gasteiger partial charge in [0, 0.05) is 12.1 Å². The van der Waals surface area contributed by atoms with Gasteiger partial charge in [0.25, 0.3) is 0 Å². The fourth-order valence-electron chi connectivity index (χ4n) is 1.18. The van der Waals surface area contributed by atoms with Crippen molar-refractivity contribution in [2.75, 3.05) is 6.54 Å². The first-order chi connectivity index (χ1) is 6.13. The molecule has 1 rings (SSSR count). The SMILES string of the molecule is NCC[C@@H](N)c1cc(O)cc(O)c1. The van der Waals surface area contributed by atoms with Crippen molar-refractivity contribution in [3.8, 4) is 11.5 Å². The largest absolute Gasteiger partial charge is 0.508 e. The Morgan fingerprint density at radius 2 is 1.69 bits per heavy atom. The number of hydrogen-bond acceptors (Lipinski definition) is 4. The third-order valence-corrected chi connectivity index (χ3v) is 1.83. The van der Waals surface area contributed by atoms with Crippen molar-refractivity contribution in [2.45, 2.75) is 12.5 Å². The van der Waals surface area contributed by atoms with Gasteiger partial charge < -0.3 is 21.7 Å². The normalized spacial score (nSPS) is 12.8. The molecule has 1 aromatic rings. The number of aromatic hydroxyl groups is 2. The minimum atomic E-state index is -0.233. The molecule has 0 saturated heterocycles. The Morgan fingerprint density at radius 1 is 1.15 bits per heavy atom. The maximum absolute atomic E-state index is 9.16. The summed E-state index contributed by atoms with van der Waals surface area (Å²) in [7, 11) is 0. The Morgan fingerprint density at radius 3 is 2.15 bits per heavy atom. The van der Waals surface area contributed by atoms with Gasteiger partial charge in [0.1, 0.15) is 11.5 Å². The van der Waals surface area contributed by atoms with Crippen molar-refractivity contribution in [3.05, 3.63) is 23.8 Å². The Bertz CT molecular complexity index is 269. The lowest BCUT2D eigenvalue weighted by Gasteiger charge is -2.11. The molecular weight excluding hydrogens is 168 g/mol. The lowest BCUT2D eigenvalue weighted by molar-refractivity contribution is 0.447. The average Bonchev–Trinajstić information content (AvgIpc) is 2.03. The van der Waals surface area contributed by atoms with Crippen LogP contribution < -0.4 is 11.5 Å². The monoisotopic (exact) mass is 182 g/mol. The molecule has 4 heteroatoms. The predicted octanol–water partition coefficient (Wildman–Crippen LogP) is 0.446. The zero-order chi connectivity index (χ0) is 9.84. The lowest BCUT2D eigenvalue weighted by Crippen LogP contribution is -2.15. The molecule has 4 nitrogen and oxygen atoms in total. The zero-order valence-electron chi connectivity index (χ0n) is 7.27. The van der Waals surface area contributed by atoms with Gasteiger partial charge >= 0.3 is 0 Å². The quantitative estimate of drug-likeness (QED) is 0.546. The van der Waals surface area contributed by atoms with Crippen LogP contribution in [0.5, 0.6) is 11.5 Å². The highest BCUT2D eigenvalue weighted by atomic mass is 16.3. The summed E-state index contributed by atoms with van der Waals surface area (Å²) in [6.07, 6.45) is 0.628. The summed E-state index contributed by atoms with van der Waals surface area (Å²) >= 11 is 0. The standard InChI is InChI=1S/C9H14N2O2/c10-2-1-9(11)6-3-7(12)5-8(13)4-6/h3-5,9,12-13H,1-2,10-11H2/t9-/m1/s1. The van der Waals surface area contributed by atoms with E-state index in [2.05, 4.69) is 0 Å². The van der Waals surface area contributed by atoms with Crippen LogP contribution in [0.25, 0.3) is 0 Å². The molecule has 0 fully saturated rings. The molecule has 6 N–H and O–H groups in total. The molecule has 0 aliphatic rings. The first-order valence-electron chi connectivity index (χ1n) is 4.12. The Balaban J connectivity index is 2.87. The van der Waals surface area contributed by atoms with Crippen molar-refractivity contribution in [1.82, 2.24) is 0 Å². The first kappa shape index (κ1) is 9.83. The van der Waals surface area contributed by atoms with E-state index in [-0.39, 0.29) is 17.5 Å². The molecule has 0 bridgehead atoms. The summed E-state index contributed by atoms with van der Waals surface area (Å²) < 4.78 is 0. The Labute approximate surface area is 76.8 Å². The molecule has 1 atom stereocenters. The molecule has 0 heterocycles. The van der Waals surface area contributed by atoms with Gasteiger partial charge in [-0.15, -0.1) is 0 Å². The van der Waals surface area contributed by atoms with Crippen LogP contribution in [0, 0.1) is 0 Å². The highest BCUT2D eigenvalue weighted by Gasteiger charge is 2.07. The van der Waals surface area contributed by atoms with Crippen LogP contribution in [0.3, 0.4) is 0 Å². The summed E-state index contributed by atoms with van der Waals surface area (Å²) in [6.45, 7) is 0.484. The van der Waals surface area contributed by atoms with Crippen LogP contribution in [0.15, 0.2) is 18.2 Å². The van der Waals surface area contributed by atoms with Gasteiger partial charge in [-0.05, 0) is 30.7 Å². The summed E-state index contributed by atoms with van der Waals surface area (Å²) in [5, 5.41) is 18.3. The Kier molecular flexibility index (Phi) is 3.11. The first-order valence-corrected chi connectivity index (χ1v) is 4.12. The van der Waals surface area contributed by atoms with Crippen LogP contribution in [0.2, 0.25) is 0 Å². The smallest absolute Gasteiger partial charge is 0.119 e. The predicted molar refractivity (Wildman–Crippen MR) is 50.4 cm³/mol. The van der Waals surface area contributed by atoms with Crippen LogP contribution in [0.1, 0.15) is 18.0 Å². The second-order valence-electron chi connectivity index (χ2n) is 2.97. The van der Waals surface area contributed by atoms with E-state index < -0.39 is 0 Å². The molecular formula is C9H14N2O2. The minimum Gasteiger partial charge on any atom is -0.508 e. The van der Waals surface area contributed by atoms with Crippen molar-refractivity contribution < 1.29 is 10.2 Å². The highest BCUT2D eigenvalue weighted by molar-refractivity contribution is 5.37. The average molecular weight is 182 g/mol. The molecule has 72 valence electrons. The number of phenols is 2. The van der Waals surface area contributed by atoms with Gasteiger partial charge in [0.15, 0.2) is 0 Å². The van der Waals surface area contributed by atoms with Crippen LogP contribution >= 0.6 is 0 Å². The maximum atomic E-state index is 9.16. The lowest BCUT2D eigenvalue weighted by atomic mass is 10.0. The number of phenolic OH excluding ortho intramolecular Hbond substituents is 2. The summed E-state index contributed by atoms with van der Waals surface area (Å²) in [4.78, 5) is 0. The third-order valence-electron chi connectivity index (χ3n) is 1.83. The molecule has 0 aromatic heterocycles. The topological polar surface area (TPSA) is 92.5 Å². The van der Waals surface area contributed by atoms with E-state index >= 15 is 0 Å². The van der Waals surface area contributed by atoms with E-state index in [1.54, 1.807) is 0 Å². The highest BCUT2D eigenvalue weighted by Crippen LogP contribution is 2.24. The summed E-state index contributed by atoms with van der Waals surface area (Å²) in [5.74, 6) is 0.0324. The minimum absolute atomic E-state index is 0.0162. The van der Waals surface area contributed by atoms with Crippen molar-refractivity contribution in [2.24, 2.45) is 11.5 Å². The van der Waals surface area contributed by atoms with Crippen molar-refractivity contribution in [1.29, 1.82) is 0 Å². The molecule has 0 unspecified atom stereocenters. The molecule has 0 spiro atoms. The van der Waals surface area contributed by atoms with E-state index in [1.807, 2.05) is 0 Å². The van der Waals surface area contributed by atoms with E-state index in [1.165, 1.54) is 18.2 Å².